The maximum absolute atomic E-state index is 12.6. The van der Waals surface area contributed by atoms with Crippen molar-refractivity contribution in [1.82, 2.24) is 0 Å². The van der Waals surface area contributed by atoms with E-state index in [1.54, 1.807) is 0 Å². The van der Waals surface area contributed by atoms with Gasteiger partial charge >= 0.3 is 18.4 Å². The number of non-ortho nitro benzene ring substituents is 1. The summed E-state index contributed by atoms with van der Waals surface area (Å²) in [5.41, 5.74) is -1.62. The number of nitro groups is 1. The van der Waals surface area contributed by atoms with Crippen molar-refractivity contribution >= 4 is 17.5 Å². The summed E-state index contributed by atoms with van der Waals surface area (Å²) in [7, 11) is 0. The maximum atomic E-state index is 12.6. The second-order valence-corrected chi connectivity index (χ2v) is 3.91. The van der Waals surface area contributed by atoms with E-state index in [4.69, 9.17) is 5.11 Å². The van der Waals surface area contributed by atoms with Gasteiger partial charge in [0.15, 0.2) is 0 Å². The van der Waals surface area contributed by atoms with Gasteiger partial charge in [0, 0.05) is 17.8 Å². The minimum atomic E-state index is -5.92. The van der Waals surface area contributed by atoms with Crippen molar-refractivity contribution in [2.45, 2.75) is 18.4 Å². The number of anilines is 1. The summed E-state index contributed by atoms with van der Waals surface area (Å²) in [6, 6.07) is -2.14. The number of hydrogen-bond acceptors (Lipinski definition) is 3. The molecule has 6 nitrogen and oxygen atoms in total. The molecule has 1 N–H and O–H groups in total. The lowest BCUT2D eigenvalue weighted by atomic mass is 10.2. The van der Waals surface area contributed by atoms with Crippen LogP contribution in [0.2, 0.25) is 0 Å². The molecule has 0 atom stereocenters. The van der Waals surface area contributed by atoms with Crippen LogP contribution < -0.4 is 4.90 Å². The Bertz CT molecular complexity index is 554. The third-order valence-electron chi connectivity index (χ3n) is 2.42. The van der Waals surface area contributed by atoms with Crippen LogP contribution in [-0.2, 0) is 0 Å². The SMILES string of the molecule is O=C(O)N(c1ccc([N+](=O)[O-])cc1)C(C(F)(F)F)C(F)(F)F. The van der Waals surface area contributed by atoms with E-state index in [2.05, 4.69) is 0 Å². The van der Waals surface area contributed by atoms with Gasteiger partial charge < -0.3 is 5.11 Å². The van der Waals surface area contributed by atoms with Crippen LogP contribution in [0.3, 0.4) is 0 Å². The molecule has 122 valence electrons. The summed E-state index contributed by atoms with van der Waals surface area (Å²) in [5, 5.41) is 19.1. The topological polar surface area (TPSA) is 83.7 Å². The number of amides is 1. The van der Waals surface area contributed by atoms with Crippen LogP contribution in [0.5, 0.6) is 0 Å². The molecule has 0 radical (unpaired) electrons. The van der Waals surface area contributed by atoms with Crippen molar-refractivity contribution in [1.29, 1.82) is 0 Å². The summed E-state index contributed by atoms with van der Waals surface area (Å²) in [6.45, 7) is 0. The molecule has 0 spiro atoms. The summed E-state index contributed by atoms with van der Waals surface area (Å²) in [5.74, 6) is 0. The molecule has 1 rings (SSSR count). The Labute approximate surface area is 117 Å². The highest BCUT2D eigenvalue weighted by Gasteiger charge is 2.61. The molecule has 0 saturated heterocycles. The number of nitro benzene ring substituents is 1. The predicted molar refractivity (Wildman–Crippen MR) is 59.5 cm³/mol. The average molecular weight is 332 g/mol. The Kier molecular flexibility index (Phi) is 4.53. The van der Waals surface area contributed by atoms with E-state index in [1.807, 2.05) is 0 Å². The first-order chi connectivity index (χ1) is 9.85. The van der Waals surface area contributed by atoms with Crippen LogP contribution in [0.25, 0.3) is 0 Å². The van der Waals surface area contributed by atoms with E-state index >= 15 is 0 Å². The molecule has 0 heterocycles. The summed E-state index contributed by atoms with van der Waals surface area (Å²) >= 11 is 0. The van der Waals surface area contributed by atoms with E-state index in [0.717, 1.165) is 0 Å². The zero-order valence-corrected chi connectivity index (χ0v) is 10.2. The van der Waals surface area contributed by atoms with Gasteiger partial charge in [-0.25, -0.2) is 4.79 Å². The van der Waals surface area contributed by atoms with Crippen LogP contribution in [0.4, 0.5) is 42.5 Å². The van der Waals surface area contributed by atoms with Gasteiger partial charge in [0.1, 0.15) is 0 Å². The molecule has 0 bridgehead atoms. The number of halogens is 6. The second kappa shape index (κ2) is 5.69. The molecule has 0 aliphatic rings. The lowest BCUT2D eigenvalue weighted by Gasteiger charge is -2.32. The molecular weight excluding hydrogens is 326 g/mol. The molecule has 22 heavy (non-hydrogen) atoms. The third-order valence-corrected chi connectivity index (χ3v) is 2.42. The van der Waals surface area contributed by atoms with Crippen LogP contribution in [0.1, 0.15) is 0 Å². The van der Waals surface area contributed by atoms with Gasteiger partial charge in [0.25, 0.3) is 5.69 Å². The summed E-state index contributed by atoms with van der Waals surface area (Å²) in [4.78, 5) is 19.3. The van der Waals surface area contributed by atoms with Crippen LogP contribution in [-0.4, -0.2) is 34.5 Å². The number of hydrogen-bond donors (Lipinski definition) is 1. The van der Waals surface area contributed by atoms with Crippen LogP contribution >= 0.6 is 0 Å². The number of alkyl halides is 6. The molecular formula is C10H6F6N2O4. The Morgan fingerprint density at radius 3 is 1.77 bits per heavy atom. The van der Waals surface area contributed by atoms with Crippen LogP contribution in [0, 0.1) is 10.1 Å². The van der Waals surface area contributed by atoms with Crippen LogP contribution in [0.15, 0.2) is 24.3 Å². The standard InChI is InChI=1S/C10H6F6N2O4/c11-9(12,13)7(10(14,15)16)17(8(19)20)5-1-3-6(4-2-5)18(21)22/h1-4,7H,(H,19,20). The van der Waals surface area contributed by atoms with Gasteiger partial charge in [-0.3, -0.25) is 15.0 Å². The average Bonchev–Trinajstić information content (AvgIpc) is 2.32. The first-order valence-corrected chi connectivity index (χ1v) is 5.25. The first-order valence-electron chi connectivity index (χ1n) is 5.25. The Hall–Kier alpha value is -2.53. The molecule has 1 aromatic rings. The lowest BCUT2D eigenvalue weighted by Crippen LogP contribution is -2.57. The number of benzene rings is 1. The quantitative estimate of drug-likeness (QED) is 0.521. The molecule has 0 aromatic heterocycles. The highest BCUT2D eigenvalue weighted by Crippen LogP contribution is 2.39. The van der Waals surface area contributed by atoms with E-state index in [1.165, 1.54) is 0 Å². The van der Waals surface area contributed by atoms with Gasteiger partial charge in [-0.15, -0.1) is 0 Å². The molecule has 1 aromatic carbocycles. The number of carbonyl (C=O) groups is 1. The van der Waals surface area contributed by atoms with Gasteiger partial charge in [0.2, 0.25) is 6.04 Å². The van der Waals surface area contributed by atoms with Gasteiger partial charge in [-0.1, -0.05) is 0 Å². The fraction of sp³-hybridized carbons (Fsp3) is 0.300. The third kappa shape index (κ3) is 3.77. The second-order valence-electron chi connectivity index (χ2n) is 3.91. The Balaban J connectivity index is 3.38. The fourth-order valence-electron chi connectivity index (χ4n) is 1.58. The number of rotatable bonds is 3. The molecule has 0 aliphatic carbocycles. The van der Waals surface area contributed by atoms with E-state index in [0.29, 0.717) is 24.3 Å². The molecule has 1 amide bonds. The minimum Gasteiger partial charge on any atom is -0.465 e. The van der Waals surface area contributed by atoms with Crippen molar-refractivity contribution in [3.05, 3.63) is 34.4 Å². The van der Waals surface area contributed by atoms with Gasteiger partial charge in [-0.2, -0.15) is 26.3 Å². The monoisotopic (exact) mass is 332 g/mol. The smallest absolute Gasteiger partial charge is 0.418 e. The van der Waals surface area contributed by atoms with E-state index in [-0.39, 0.29) is 0 Å². The number of carboxylic acid groups (broad SMARTS) is 1. The van der Waals surface area contributed by atoms with Crippen molar-refractivity contribution in [2.75, 3.05) is 4.90 Å². The van der Waals surface area contributed by atoms with E-state index < -0.39 is 45.7 Å². The fourth-order valence-corrected chi connectivity index (χ4v) is 1.58. The zero-order valence-electron chi connectivity index (χ0n) is 10.2. The predicted octanol–water partition coefficient (Wildman–Crippen LogP) is 3.57. The number of nitrogens with zero attached hydrogens (tertiary/aromatic N) is 2. The van der Waals surface area contributed by atoms with Crippen molar-refractivity contribution < 1.29 is 41.2 Å². The normalized spacial score (nSPS) is 12.3. The first kappa shape index (κ1) is 17.5. The minimum absolute atomic E-state index is 0.483. The highest BCUT2D eigenvalue weighted by molar-refractivity contribution is 5.87. The molecule has 0 unspecified atom stereocenters. The highest BCUT2D eigenvalue weighted by atomic mass is 19.4. The van der Waals surface area contributed by atoms with Crippen molar-refractivity contribution in [2.24, 2.45) is 0 Å². The molecule has 12 heteroatoms. The Morgan fingerprint density at radius 2 is 1.50 bits per heavy atom. The zero-order chi connectivity index (χ0) is 17.3. The van der Waals surface area contributed by atoms with E-state index in [9.17, 15) is 41.3 Å². The van der Waals surface area contributed by atoms with Crippen molar-refractivity contribution in [3.8, 4) is 0 Å². The van der Waals surface area contributed by atoms with Gasteiger partial charge in [0.05, 0.1) is 4.92 Å². The molecule has 0 aliphatic heterocycles. The Morgan fingerprint density at radius 1 is 1.09 bits per heavy atom. The van der Waals surface area contributed by atoms with Gasteiger partial charge in [-0.05, 0) is 12.1 Å². The summed E-state index contributed by atoms with van der Waals surface area (Å²) in [6.07, 6.45) is -14.3. The lowest BCUT2D eigenvalue weighted by molar-refractivity contribution is -0.384. The summed E-state index contributed by atoms with van der Waals surface area (Å²) < 4.78 is 75.5. The largest absolute Gasteiger partial charge is 0.465 e. The maximum Gasteiger partial charge on any atom is 0.418 e. The molecule has 0 saturated carbocycles. The molecule has 0 fully saturated rings. The van der Waals surface area contributed by atoms with Crippen molar-refractivity contribution in [3.63, 3.8) is 0 Å².